The molecule has 6 nitrogen and oxygen atoms in total. The molecular weight excluding hydrogens is 348 g/mol. The summed E-state index contributed by atoms with van der Waals surface area (Å²) in [5.74, 6) is 4.73. The zero-order valence-corrected chi connectivity index (χ0v) is 17.2. The molecule has 0 fully saturated rings. The Morgan fingerprint density at radius 1 is 0.741 bits per heavy atom. The first kappa shape index (κ1) is 25.4. The molecule has 0 saturated carbocycles. The molecule has 0 aromatic rings. The lowest BCUT2D eigenvalue weighted by molar-refractivity contribution is -0.167. The van der Waals surface area contributed by atoms with Gasteiger partial charge in [0.05, 0.1) is 14.2 Å². The second-order valence-electron chi connectivity index (χ2n) is 6.36. The van der Waals surface area contributed by atoms with Gasteiger partial charge in [0.1, 0.15) is 13.2 Å². The molecular formula is C21H36O6. The van der Waals surface area contributed by atoms with E-state index in [0.29, 0.717) is 0 Å². The van der Waals surface area contributed by atoms with Crippen molar-refractivity contribution in [3.8, 4) is 11.8 Å². The van der Waals surface area contributed by atoms with E-state index in [-0.39, 0.29) is 13.2 Å². The molecule has 6 heteroatoms. The van der Waals surface area contributed by atoms with Gasteiger partial charge in [-0.25, -0.2) is 9.59 Å². The van der Waals surface area contributed by atoms with Gasteiger partial charge >= 0.3 is 11.9 Å². The van der Waals surface area contributed by atoms with Crippen molar-refractivity contribution in [1.82, 2.24) is 0 Å². The highest BCUT2D eigenvalue weighted by molar-refractivity contribution is 5.71. The number of esters is 2. The van der Waals surface area contributed by atoms with E-state index in [1.54, 1.807) is 0 Å². The van der Waals surface area contributed by atoms with E-state index in [4.69, 9.17) is 9.47 Å². The Bertz CT molecular complexity index is 418. The fourth-order valence-electron chi connectivity index (χ4n) is 2.39. The molecule has 156 valence electrons. The first-order valence-corrected chi connectivity index (χ1v) is 9.99. The zero-order valence-electron chi connectivity index (χ0n) is 17.2. The van der Waals surface area contributed by atoms with Crippen molar-refractivity contribution < 1.29 is 28.5 Å². The van der Waals surface area contributed by atoms with Gasteiger partial charge in [0.25, 0.3) is 0 Å². The van der Waals surface area contributed by atoms with Crippen molar-refractivity contribution >= 4 is 11.9 Å². The topological polar surface area (TPSA) is 71.1 Å². The number of carbonyl (C=O) groups is 2. The average Bonchev–Trinajstić information content (AvgIpc) is 2.69. The first-order valence-electron chi connectivity index (χ1n) is 9.99. The highest BCUT2D eigenvalue weighted by Gasteiger charge is 2.12. The summed E-state index contributed by atoms with van der Waals surface area (Å²) in [6.45, 7) is 1.67. The lowest BCUT2D eigenvalue weighted by atomic mass is 10.1. The van der Waals surface area contributed by atoms with Gasteiger partial charge in [-0.15, -0.1) is 0 Å². The molecule has 0 aliphatic heterocycles. The van der Waals surface area contributed by atoms with Crippen molar-refractivity contribution in [2.75, 3.05) is 27.4 Å². The standard InChI is InChI=1S/C21H36O6/c1-4-5-6-7-8-9-10-11-12-13-14-15-16-21(26-17-19(22)24-2)27-18-20(23)25-3/h21H,4-14,17-18H2,1-3H3. The number of hydrogen-bond donors (Lipinski definition) is 0. The summed E-state index contributed by atoms with van der Waals surface area (Å²) >= 11 is 0. The maximum absolute atomic E-state index is 11.1. The van der Waals surface area contributed by atoms with E-state index in [1.165, 1.54) is 65.6 Å². The maximum Gasteiger partial charge on any atom is 0.331 e. The van der Waals surface area contributed by atoms with Crippen LogP contribution in [0.3, 0.4) is 0 Å². The van der Waals surface area contributed by atoms with Crippen LogP contribution in [0.4, 0.5) is 0 Å². The van der Waals surface area contributed by atoms with Crippen LogP contribution >= 0.6 is 0 Å². The van der Waals surface area contributed by atoms with Crippen LogP contribution in [0, 0.1) is 11.8 Å². The molecule has 0 unspecified atom stereocenters. The van der Waals surface area contributed by atoms with Gasteiger partial charge in [0.2, 0.25) is 6.29 Å². The van der Waals surface area contributed by atoms with Crippen LogP contribution in [0.1, 0.15) is 77.6 Å². The molecule has 27 heavy (non-hydrogen) atoms. The normalized spacial score (nSPS) is 10.4. The molecule has 0 rings (SSSR count). The molecule has 0 saturated heterocycles. The molecule has 0 aromatic heterocycles. The lowest BCUT2D eigenvalue weighted by Crippen LogP contribution is -2.24. The third-order valence-electron chi connectivity index (χ3n) is 4.04. The van der Waals surface area contributed by atoms with Gasteiger partial charge in [-0.1, -0.05) is 70.6 Å². The van der Waals surface area contributed by atoms with Crippen LogP contribution in [0.5, 0.6) is 0 Å². The number of rotatable bonds is 16. The number of unbranched alkanes of at least 4 members (excludes halogenated alkanes) is 10. The van der Waals surface area contributed by atoms with E-state index < -0.39 is 18.2 Å². The van der Waals surface area contributed by atoms with Gasteiger partial charge in [-0.2, -0.15) is 0 Å². The molecule has 0 bridgehead atoms. The van der Waals surface area contributed by atoms with E-state index in [1.807, 2.05) is 0 Å². The molecule has 0 N–H and O–H groups in total. The molecule has 0 radical (unpaired) electrons. The van der Waals surface area contributed by atoms with Crippen molar-refractivity contribution in [3.05, 3.63) is 0 Å². The first-order chi connectivity index (χ1) is 13.1. The van der Waals surface area contributed by atoms with Crippen LogP contribution in [-0.2, 0) is 28.5 Å². The van der Waals surface area contributed by atoms with E-state index in [0.717, 1.165) is 19.3 Å². The molecule has 0 heterocycles. The summed E-state index contributed by atoms with van der Waals surface area (Å²) < 4.78 is 19.4. The Kier molecular flexibility index (Phi) is 18.1. The fourth-order valence-corrected chi connectivity index (χ4v) is 2.39. The number of methoxy groups -OCH3 is 2. The second-order valence-corrected chi connectivity index (χ2v) is 6.36. The molecule has 0 spiro atoms. The highest BCUT2D eigenvalue weighted by atomic mass is 16.7. The van der Waals surface area contributed by atoms with Gasteiger partial charge < -0.3 is 18.9 Å². The van der Waals surface area contributed by atoms with Crippen molar-refractivity contribution in [2.24, 2.45) is 0 Å². The minimum Gasteiger partial charge on any atom is -0.467 e. The van der Waals surface area contributed by atoms with Gasteiger partial charge in [0, 0.05) is 6.42 Å². The summed E-state index contributed by atoms with van der Waals surface area (Å²) in [7, 11) is 2.54. The van der Waals surface area contributed by atoms with Gasteiger partial charge in [0.15, 0.2) is 0 Å². The number of carbonyl (C=O) groups excluding carboxylic acids is 2. The summed E-state index contributed by atoms with van der Waals surface area (Å²) in [6, 6.07) is 0. The van der Waals surface area contributed by atoms with Gasteiger partial charge in [-0.05, 0) is 12.3 Å². The summed E-state index contributed by atoms with van der Waals surface area (Å²) in [4.78, 5) is 22.3. The van der Waals surface area contributed by atoms with E-state index in [9.17, 15) is 9.59 Å². The average molecular weight is 385 g/mol. The quantitative estimate of drug-likeness (QED) is 0.173. The largest absolute Gasteiger partial charge is 0.467 e. The number of hydrogen-bond acceptors (Lipinski definition) is 6. The van der Waals surface area contributed by atoms with E-state index in [2.05, 4.69) is 28.2 Å². The molecule has 0 aromatic carbocycles. The Morgan fingerprint density at radius 3 is 1.63 bits per heavy atom. The third-order valence-corrected chi connectivity index (χ3v) is 4.04. The minimum atomic E-state index is -0.952. The highest BCUT2D eigenvalue weighted by Crippen LogP contribution is 2.11. The SMILES string of the molecule is CCCCCCCCCCCCC#CC(OCC(=O)OC)OCC(=O)OC. The van der Waals surface area contributed by atoms with Crippen molar-refractivity contribution in [3.63, 3.8) is 0 Å². The summed E-state index contributed by atoms with van der Waals surface area (Å²) in [5, 5.41) is 0. The molecule has 0 aliphatic rings. The van der Waals surface area contributed by atoms with Crippen molar-refractivity contribution in [1.29, 1.82) is 0 Å². The van der Waals surface area contributed by atoms with Crippen LogP contribution in [0.2, 0.25) is 0 Å². The fraction of sp³-hybridized carbons (Fsp3) is 0.810. The lowest BCUT2D eigenvalue weighted by Gasteiger charge is -2.11. The van der Waals surface area contributed by atoms with Crippen LogP contribution in [0.25, 0.3) is 0 Å². The number of ether oxygens (including phenoxy) is 4. The predicted molar refractivity (Wildman–Crippen MR) is 104 cm³/mol. The Hall–Kier alpha value is -1.58. The molecule has 0 atom stereocenters. The maximum atomic E-state index is 11.1. The van der Waals surface area contributed by atoms with E-state index >= 15 is 0 Å². The minimum absolute atomic E-state index is 0.282. The Morgan fingerprint density at radius 2 is 1.19 bits per heavy atom. The van der Waals surface area contributed by atoms with Crippen LogP contribution < -0.4 is 0 Å². The molecule has 0 aliphatic carbocycles. The Labute approximate surface area is 164 Å². The summed E-state index contributed by atoms with van der Waals surface area (Å²) in [5.41, 5.74) is 0. The summed E-state index contributed by atoms with van der Waals surface area (Å²) in [6.07, 6.45) is 12.5. The second kappa shape index (κ2) is 19.2. The Balaban J connectivity index is 3.89. The van der Waals surface area contributed by atoms with Crippen LogP contribution in [-0.4, -0.2) is 45.7 Å². The smallest absolute Gasteiger partial charge is 0.331 e. The molecule has 0 amide bonds. The van der Waals surface area contributed by atoms with Crippen LogP contribution in [0.15, 0.2) is 0 Å². The van der Waals surface area contributed by atoms with Gasteiger partial charge in [-0.3, -0.25) is 0 Å². The van der Waals surface area contributed by atoms with Crippen molar-refractivity contribution in [2.45, 2.75) is 83.8 Å². The third kappa shape index (κ3) is 17.6. The predicted octanol–water partition coefficient (Wildman–Crippen LogP) is 4.01. The monoisotopic (exact) mass is 384 g/mol. The zero-order chi connectivity index (χ0) is 20.2.